The molecule has 3 heterocycles. The molecule has 2 aliphatic rings. The first-order chi connectivity index (χ1) is 18.9. The van der Waals surface area contributed by atoms with Gasteiger partial charge in [0, 0.05) is 23.3 Å². The molecule has 2 atom stereocenters. The van der Waals surface area contributed by atoms with Gasteiger partial charge in [-0.3, -0.25) is 14.5 Å². The summed E-state index contributed by atoms with van der Waals surface area (Å²) in [6.45, 7) is 1.94. The highest BCUT2D eigenvalue weighted by Gasteiger charge is 2.49. The van der Waals surface area contributed by atoms with Crippen molar-refractivity contribution in [1.82, 2.24) is 10.2 Å². The number of ketones is 1. The minimum atomic E-state index is -1.21. The molecule has 0 spiro atoms. The number of carbonyl (C=O) groups is 2. The second kappa shape index (κ2) is 10.3. The Bertz CT molecular complexity index is 1620. The summed E-state index contributed by atoms with van der Waals surface area (Å²) in [7, 11) is 0. The lowest BCUT2D eigenvalue weighted by Gasteiger charge is -2.22. The molecule has 1 saturated heterocycles. The van der Waals surface area contributed by atoms with Gasteiger partial charge in [0.25, 0.3) is 5.78 Å². The molecular weight excluding hydrogens is 537 g/mol. The summed E-state index contributed by atoms with van der Waals surface area (Å²) in [4.78, 5) is 27.9. The van der Waals surface area contributed by atoms with Gasteiger partial charge in [0.15, 0.2) is 4.34 Å². The Hall–Kier alpha value is -4.02. The number of thioether (sulfide) groups is 1. The average Bonchev–Trinajstić information content (AvgIpc) is 3.63. The topological polar surface area (TPSA) is 92.6 Å². The second-order valence-corrected chi connectivity index (χ2v) is 11.4. The quantitative estimate of drug-likeness (QED) is 0.103. The number of hydrogen-bond donors (Lipinski definition) is 1. The number of fused-ring (bicyclic) bond motifs is 1. The normalized spacial score (nSPS) is 19.8. The molecule has 10 heteroatoms. The minimum absolute atomic E-state index is 0.00671. The molecule has 1 N–H and O–H groups in total. The van der Waals surface area contributed by atoms with E-state index in [1.807, 2.05) is 37.3 Å². The van der Waals surface area contributed by atoms with Gasteiger partial charge in [0.2, 0.25) is 5.13 Å². The number of aliphatic hydroxyl groups is 1. The van der Waals surface area contributed by atoms with Crippen LogP contribution in [0.1, 0.15) is 35.2 Å². The predicted octanol–water partition coefficient (Wildman–Crippen LogP) is 5.92. The number of anilines is 1. The minimum Gasteiger partial charge on any atom is -0.507 e. The Morgan fingerprint density at radius 3 is 2.67 bits per heavy atom. The average molecular weight is 560 g/mol. The van der Waals surface area contributed by atoms with Crippen LogP contribution in [0.2, 0.25) is 0 Å². The number of aromatic nitrogens is 2. The van der Waals surface area contributed by atoms with Crippen molar-refractivity contribution in [2.75, 3.05) is 4.90 Å². The van der Waals surface area contributed by atoms with E-state index in [0.717, 1.165) is 27.4 Å². The van der Waals surface area contributed by atoms with E-state index in [2.05, 4.69) is 10.2 Å². The summed E-state index contributed by atoms with van der Waals surface area (Å²) < 4.78 is 21.5. The van der Waals surface area contributed by atoms with Gasteiger partial charge in [0.1, 0.15) is 29.5 Å². The van der Waals surface area contributed by atoms with E-state index in [1.165, 1.54) is 30.0 Å². The zero-order valence-electron chi connectivity index (χ0n) is 20.7. The van der Waals surface area contributed by atoms with Gasteiger partial charge in [-0.25, -0.2) is 4.39 Å². The summed E-state index contributed by atoms with van der Waals surface area (Å²) in [5.41, 5.74) is 2.20. The number of carbonyl (C=O) groups excluding carboxylic acids is 2. The van der Waals surface area contributed by atoms with E-state index in [4.69, 9.17) is 4.74 Å². The van der Waals surface area contributed by atoms with Crippen LogP contribution in [0.5, 0.6) is 5.75 Å². The van der Waals surface area contributed by atoms with Crippen LogP contribution >= 0.6 is 23.1 Å². The van der Waals surface area contributed by atoms with Crippen molar-refractivity contribution in [1.29, 1.82) is 0 Å². The summed E-state index contributed by atoms with van der Waals surface area (Å²) >= 11 is 2.58. The van der Waals surface area contributed by atoms with Crippen LogP contribution in [0.25, 0.3) is 5.76 Å². The molecule has 2 aliphatic heterocycles. The molecule has 1 aromatic heterocycles. The maximum absolute atomic E-state index is 15.2. The largest absolute Gasteiger partial charge is 0.507 e. The van der Waals surface area contributed by atoms with Crippen LogP contribution in [0.3, 0.4) is 0 Å². The lowest BCUT2D eigenvalue weighted by atomic mass is 9.94. The van der Waals surface area contributed by atoms with Crippen molar-refractivity contribution in [2.24, 2.45) is 0 Å². The highest BCUT2D eigenvalue weighted by atomic mass is 32.2. The summed E-state index contributed by atoms with van der Waals surface area (Å²) in [5, 5.41) is 19.9. The molecule has 196 valence electrons. The van der Waals surface area contributed by atoms with Gasteiger partial charge in [-0.05, 0) is 42.3 Å². The summed E-state index contributed by atoms with van der Waals surface area (Å²) in [6.07, 6.45) is 0.642. The summed E-state index contributed by atoms with van der Waals surface area (Å²) in [5.74, 6) is -1.46. The van der Waals surface area contributed by atoms with Crippen LogP contribution in [0.4, 0.5) is 9.52 Å². The zero-order chi connectivity index (χ0) is 27.1. The molecule has 7 nitrogen and oxygen atoms in total. The van der Waals surface area contributed by atoms with E-state index in [9.17, 15) is 14.7 Å². The van der Waals surface area contributed by atoms with Gasteiger partial charge < -0.3 is 9.84 Å². The fraction of sp³-hybridized carbons (Fsp3) is 0.172. The number of rotatable bonds is 6. The number of aliphatic hydroxyl groups excluding tert-OH is 1. The van der Waals surface area contributed by atoms with Crippen LogP contribution in [-0.4, -0.2) is 33.1 Å². The third-order valence-electron chi connectivity index (χ3n) is 6.62. The molecule has 4 aromatic rings. The first-order valence-electron chi connectivity index (χ1n) is 12.3. The number of benzene rings is 3. The monoisotopic (exact) mass is 559 g/mol. The smallest absolute Gasteiger partial charge is 0.301 e. The Morgan fingerprint density at radius 2 is 1.87 bits per heavy atom. The molecule has 1 fully saturated rings. The van der Waals surface area contributed by atoms with Gasteiger partial charge in [-0.1, -0.05) is 71.6 Å². The Morgan fingerprint density at radius 1 is 1.10 bits per heavy atom. The van der Waals surface area contributed by atoms with Gasteiger partial charge in [-0.15, -0.1) is 10.2 Å². The van der Waals surface area contributed by atoms with Crippen LogP contribution < -0.4 is 9.64 Å². The third-order valence-corrected chi connectivity index (χ3v) is 8.75. The molecule has 6 rings (SSSR count). The van der Waals surface area contributed by atoms with Crippen LogP contribution in [-0.2, 0) is 21.8 Å². The predicted molar refractivity (Wildman–Crippen MR) is 147 cm³/mol. The Labute approximate surface area is 232 Å². The van der Waals surface area contributed by atoms with E-state index < -0.39 is 23.5 Å². The fourth-order valence-electron chi connectivity index (χ4n) is 4.82. The van der Waals surface area contributed by atoms with Crippen LogP contribution in [0.15, 0.2) is 82.7 Å². The first-order valence-corrected chi connectivity index (χ1v) is 14.1. The maximum atomic E-state index is 15.2. The lowest BCUT2D eigenvalue weighted by molar-refractivity contribution is -0.132. The SMILES string of the molecule is C[C@H]1Cc2cc(C(O)=C3C(=O)C(=O)N(c4nnc(SCc5ccccc5)s4)[C@H]3c3ccccc3F)ccc2O1. The molecule has 0 radical (unpaired) electrons. The van der Waals surface area contributed by atoms with Gasteiger partial charge >= 0.3 is 5.91 Å². The number of halogens is 1. The first kappa shape index (κ1) is 25.3. The molecule has 39 heavy (non-hydrogen) atoms. The molecule has 0 bridgehead atoms. The van der Waals surface area contributed by atoms with Crippen LogP contribution in [0, 0.1) is 5.82 Å². The second-order valence-electron chi connectivity index (χ2n) is 9.27. The number of nitrogens with zero attached hydrogens (tertiary/aromatic N) is 3. The third kappa shape index (κ3) is 4.70. The van der Waals surface area contributed by atoms with E-state index in [1.54, 1.807) is 24.3 Å². The van der Waals surface area contributed by atoms with Crippen molar-refractivity contribution in [2.45, 2.75) is 35.6 Å². The fourth-order valence-corrected chi connectivity index (χ4v) is 6.65. The van der Waals surface area contributed by atoms with Crippen molar-refractivity contribution < 1.29 is 23.8 Å². The highest BCUT2D eigenvalue weighted by molar-refractivity contribution is 8.00. The molecule has 1 amide bonds. The zero-order valence-corrected chi connectivity index (χ0v) is 22.3. The molecule has 0 unspecified atom stereocenters. The highest BCUT2D eigenvalue weighted by Crippen LogP contribution is 2.45. The molecule has 3 aromatic carbocycles. The van der Waals surface area contributed by atoms with Crippen molar-refractivity contribution in [3.63, 3.8) is 0 Å². The molecule has 0 aliphatic carbocycles. The molecular formula is C29H22FN3O4S2. The van der Waals surface area contributed by atoms with Gasteiger partial charge in [-0.2, -0.15) is 0 Å². The van der Waals surface area contributed by atoms with Crippen molar-refractivity contribution in [3.05, 3.63) is 106 Å². The number of amides is 1. The van der Waals surface area contributed by atoms with Crippen molar-refractivity contribution >= 4 is 45.7 Å². The van der Waals surface area contributed by atoms with E-state index in [0.29, 0.717) is 27.8 Å². The Kier molecular flexibility index (Phi) is 6.66. The number of hydrogen-bond acceptors (Lipinski definition) is 8. The number of Topliss-reactive ketones (excluding diaryl/α,β-unsaturated/α-hetero) is 1. The lowest BCUT2D eigenvalue weighted by Crippen LogP contribution is -2.29. The van der Waals surface area contributed by atoms with E-state index >= 15 is 4.39 Å². The summed E-state index contributed by atoms with van der Waals surface area (Å²) in [6, 6.07) is 19.6. The number of ether oxygens (including phenoxy) is 1. The standard InChI is InChI=1S/C29H22FN3O4S2/c1-16-13-19-14-18(11-12-22(19)37-16)25(34)23-24(20-9-5-6-10-21(20)30)33(27(36)26(23)35)28-31-32-29(39-28)38-15-17-7-3-2-4-8-17/h2-12,14,16,24,34H,13,15H2,1H3/t16-,24-/m0/s1. The van der Waals surface area contributed by atoms with E-state index in [-0.39, 0.29) is 28.1 Å². The van der Waals surface area contributed by atoms with Gasteiger partial charge in [0.05, 0.1) is 5.57 Å². The van der Waals surface area contributed by atoms with Crippen molar-refractivity contribution in [3.8, 4) is 5.75 Å². The maximum Gasteiger partial charge on any atom is 0.301 e. The Balaban J connectivity index is 1.41. The molecule has 0 saturated carbocycles.